The van der Waals surface area contributed by atoms with E-state index in [1.165, 1.54) is 64.2 Å². The third kappa shape index (κ3) is 6.83. The lowest BCUT2D eigenvalue weighted by Crippen LogP contribution is -2.25. The van der Waals surface area contributed by atoms with Gasteiger partial charge in [-0.25, -0.2) is 0 Å². The van der Waals surface area contributed by atoms with E-state index in [2.05, 4.69) is 6.92 Å². The van der Waals surface area contributed by atoms with Gasteiger partial charge in [-0.05, 0) is 31.7 Å². The van der Waals surface area contributed by atoms with Gasteiger partial charge in [0.15, 0.2) is 5.78 Å². The van der Waals surface area contributed by atoms with Gasteiger partial charge in [-0.1, -0.05) is 95.8 Å². The molecule has 1 heterocycles. The zero-order chi connectivity index (χ0) is 21.1. The highest BCUT2D eigenvalue weighted by atomic mass is 16.1. The van der Waals surface area contributed by atoms with E-state index in [-0.39, 0.29) is 11.3 Å². The number of pyridine rings is 1. The zero-order valence-electron chi connectivity index (χ0n) is 18.8. The van der Waals surface area contributed by atoms with Crippen molar-refractivity contribution in [2.75, 3.05) is 0 Å². The first kappa shape index (κ1) is 23.4. The monoisotopic (exact) mass is 397 g/mol. The predicted molar refractivity (Wildman–Crippen MR) is 124 cm³/mol. The first-order valence-electron chi connectivity index (χ1n) is 11.7. The number of fused-ring (bicyclic) bond motifs is 1. The molecule has 3 heteroatoms. The van der Waals surface area contributed by atoms with E-state index in [0.29, 0.717) is 17.5 Å². The van der Waals surface area contributed by atoms with Gasteiger partial charge in [0.2, 0.25) is 0 Å². The Bertz CT molecular complexity index is 834. The molecule has 160 valence electrons. The van der Waals surface area contributed by atoms with Crippen LogP contribution in [0.25, 0.3) is 10.8 Å². The second-order valence-electron chi connectivity index (χ2n) is 8.41. The lowest BCUT2D eigenvalue weighted by Gasteiger charge is -2.15. The van der Waals surface area contributed by atoms with E-state index < -0.39 is 0 Å². The fourth-order valence-electron chi connectivity index (χ4n) is 4.34. The van der Waals surface area contributed by atoms with Crippen molar-refractivity contribution in [3.8, 4) is 0 Å². The van der Waals surface area contributed by atoms with Gasteiger partial charge in [-0.3, -0.25) is 9.59 Å². The molecular formula is C26H39NO2. The Kier molecular flexibility index (Phi) is 10.2. The summed E-state index contributed by atoms with van der Waals surface area (Å²) >= 11 is 0. The van der Waals surface area contributed by atoms with Crippen LogP contribution in [-0.2, 0) is 6.54 Å². The minimum atomic E-state index is 0.0298. The highest BCUT2D eigenvalue weighted by Crippen LogP contribution is 2.20. The van der Waals surface area contributed by atoms with Crippen molar-refractivity contribution in [1.82, 2.24) is 4.57 Å². The lowest BCUT2D eigenvalue weighted by molar-refractivity contribution is 0.101. The molecule has 0 radical (unpaired) electrons. The van der Waals surface area contributed by atoms with Crippen molar-refractivity contribution in [2.45, 2.75) is 104 Å². The third-order valence-electron chi connectivity index (χ3n) is 6.03. The summed E-state index contributed by atoms with van der Waals surface area (Å²) in [5.41, 5.74) is 1.54. The molecule has 0 atom stereocenters. The van der Waals surface area contributed by atoms with E-state index in [9.17, 15) is 9.59 Å². The summed E-state index contributed by atoms with van der Waals surface area (Å²) in [7, 11) is 0. The van der Waals surface area contributed by atoms with E-state index in [1.807, 2.05) is 35.8 Å². The maximum Gasteiger partial charge on any atom is 0.258 e. The van der Waals surface area contributed by atoms with Gasteiger partial charge in [0.05, 0.1) is 0 Å². The molecule has 0 amide bonds. The summed E-state index contributed by atoms with van der Waals surface area (Å²) in [4.78, 5) is 25.1. The van der Waals surface area contributed by atoms with Crippen molar-refractivity contribution < 1.29 is 4.79 Å². The summed E-state index contributed by atoms with van der Waals surface area (Å²) in [5, 5.41) is 1.44. The zero-order valence-corrected chi connectivity index (χ0v) is 18.8. The fraction of sp³-hybridized carbons (Fsp3) is 0.615. The number of carbonyl (C=O) groups excluding carboxylic acids is 1. The predicted octanol–water partition coefficient (Wildman–Crippen LogP) is 7.21. The molecular weight excluding hydrogens is 358 g/mol. The van der Waals surface area contributed by atoms with Crippen molar-refractivity contribution in [3.63, 3.8) is 0 Å². The Labute approximate surface area is 176 Å². The van der Waals surface area contributed by atoms with Crippen molar-refractivity contribution in [1.29, 1.82) is 0 Å². The lowest BCUT2D eigenvalue weighted by atomic mass is 10.0. The molecule has 0 aliphatic heterocycles. The minimum absolute atomic E-state index is 0.0298. The number of benzene rings is 1. The Hall–Kier alpha value is -1.90. The van der Waals surface area contributed by atoms with Gasteiger partial charge >= 0.3 is 0 Å². The first-order chi connectivity index (χ1) is 14.1. The van der Waals surface area contributed by atoms with Crippen LogP contribution in [-0.4, -0.2) is 10.4 Å². The summed E-state index contributed by atoms with van der Waals surface area (Å²) in [6, 6.07) is 7.48. The van der Waals surface area contributed by atoms with E-state index in [1.54, 1.807) is 6.92 Å². The molecule has 0 fully saturated rings. The standard InChI is InChI=1S/C26H39NO2/c1-4-5-6-7-8-9-10-11-12-13-14-17-20-27-21(2)25(22(3)28)23-18-15-16-19-24(23)26(27)29/h15-16,18-19H,4-14,17,20H2,1-3H3. The quantitative estimate of drug-likeness (QED) is 0.249. The number of aromatic nitrogens is 1. The van der Waals surface area contributed by atoms with Crippen molar-refractivity contribution in [3.05, 3.63) is 45.9 Å². The van der Waals surface area contributed by atoms with Crippen LogP contribution in [0.1, 0.15) is 107 Å². The molecule has 0 saturated heterocycles. The number of unbranched alkanes of at least 4 members (excludes halogenated alkanes) is 11. The largest absolute Gasteiger partial charge is 0.312 e. The molecule has 0 N–H and O–H groups in total. The topological polar surface area (TPSA) is 39.1 Å². The molecule has 2 aromatic rings. The van der Waals surface area contributed by atoms with Crippen LogP contribution in [0, 0.1) is 6.92 Å². The summed E-state index contributed by atoms with van der Waals surface area (Å²) in [6.45, 7) is 6.46. The molecule has 0 bridgehead atoms. The summed E-state index contributed by atoms with van der Waals surface area (Å²) in [5.74, 6) is 0.0298. The number of carbonyl (C=O) groups is 1. The summed E-state index contributed by atoms with van der Waals surface area (Å²) < 4.78 is 1.81. The third-order valence-corrected chi connectivity index (χ3v) is 6.03. The highest BCUT2D eigenvalue weighted by molar-refractivity contribution is 6.07. The number of Topliss-reactive ketones (excluding diaryl/α,β-unsaturated/α-hetero) is 1. The second-order valence-corrected chi connectivity index (χ2v) is 8.41. The Morgan fingerprint density at radius 1 is 0.793 bits per heavy atom. The van der Waals surface area contributed by atoms with Crippen molar-refractivity contribution in [2.24, 2.45) is 0 Å². The maximum atomic E-state index is 12.9. The van der Waals surface area contributed by atoms with Gasteiger partial charge in [0.25, 0.3) is 5.56 Å². The van der Waals surface area contributed by atoms with E-state index >= 15 is 0 Å². The first-order valence-corrected chi connectivity index (χ1v) is 11.7. The fourth-order valence-corrected chi connectivity index (χ4v) is 4.34. The Morgan fingerprint density at radius 2 is 1.28 bits per heavy atom. The van der Waals surface area contributed by atoms with Crippen LogP contribution in [0.4, 0.5) is 0 Å². The molecule has 3 nitrogen and oxygen atoms in total. The minimum Gasteiger partial charge on any atom is -0.312 e. The molecule has 0 saturated carbocycles. The van der Waals surface area contributed by atoms with Crippen LogP contribution in [0.5, 0.6) is 0 Å². The number of hydrogen-bond acceptors (Lipinski definition) is 2. The van der Waals surface area contributed by atoms with Gasteiger partial charge in [-0.15, -0.1) is 0 Å². The molecule has 0 unspecified atom stereocenters. The number of nitrogens with zero attached hydrogens (tertiary/aromatic N) is 1. The van der Waals surface area contributed by atoms with Crippen LogP contribution < -0.4 is 5.56 Å². The SMILES string of the molecule is CCCCCCCCCCCCCCn1c(C)c(C(C)=O)c2ccccc2c1=O. The van der Waals surface area contributed by atoms with Crippen LogP contribution >= 0.6 is 0 Å². The average Bonchev–Trinajstić information content (AvgIpc) is 2.70. The Balaban J connectivity index is 1.79. The summed E-state index contributed by atoms with van der Waals surface area (Å²) in [6.07, 6.45) is 15.6. The highest BCUT2D eigenvalue weighted by Gasteiger charge is 2.16. The molecule has 0 aliphatic rings. The number of hydrogen-bond donors (Lipinski definition) is 0. The number of ketones is 1. The van der Waals surface area contributed by atoms with Gasteiger partial charge in [0.1, 0.15) is 0 Å². The average molecular weight is 398 g/mol. The molecule has 1 aromatic heterocycles. The molecule has 2 rings (SSSR count). The van der Waals surface area contributed by atoms with E-state index in [4.69, 9.17) is 0 Å². The van der Waals surface area contributed by atoms with Gasteiger partial charge < -0.3 is 4.57 Å². The maximum absolute atomic E-state index is 12.9. The van der Waals surface area contributed by atoms with Crippen molar-refractivity contribution >= 4 is 16.6 Å². The molecule has 1 aromatic carbocycles. The van der Waals surface area contributed by atoms with Crippen LogP contribution in [0.3, 0.4) is 0 Å². The number of rotatable bonds is 14. The van der Waals surface area contributed by atoms with E-state index in [0.717, 1.165) is 23.9 Å². The second kappa shape index (κ2) is 12.6. The molecule has 0 spiro atoms. The molecule has 0 aliphatic carbocycles. The Morgan fingerprint density at radius 3 is 1.79 bits per heavy atom. The van der Waals surface area contributed by atoms with Gasteiger partial charge in [-0.2, -0.15) is 0 Å². The normalized spacial score (nSPS) is 11.3. The van der Waals surface area contributed by atoms with Crippen LogP contribution in [0.2, 0.25) is 0 Å². The van der Waals surface area contributed by atoms with Gasteiger partial charge in [0, 0.05) is 23.2 Å². The molecule has 29 heavy (non-hydrogen) atoms. The smallest absolute Gasteiger partial charge is 0.258 e. The van der Waals surface area contributed by atoms with Crippen LogP contribution in [0.15, 0.2) is 29.1 Å².